The molecule has 2 aromatic rings. The molecule has 0 saturated carbocycles. The van der Waals surface area contributed by atoms with Crippen molar-refractivity contribution in [1.82, 2.24) is 20.2 Å². The highest BCUT2D eigenvalue weighted by Crippen LogP contribution is 2.15. The van der Waals surface area contributed by atoms with Crippen LogP contribution in [0.15, 0.2) is 30.6 Å². The van der Waals surface area contributed by atoms with Gasteiger partial charge in [-0.2, -0.15) is 0 Å². The Labute approximate surface area is 106 Å². The van der Waals surface area contributed by atoms with E-state index in [1.165, 1.54) is 0 Å². The van der Waals surface area contributed by atoms with E-state index in [0.29, 0.717) is 12.6 Å². The molecule has 0 radical (unpaired) electrons. The molecule has 0 fully saturated rings. The van der Waals surface area contributed by atoms with Gasteiger partial charge in [0, 0.05) is 18.8 Å². The molecular weight excluding hydrogens is 230 g/mol. The fourth-order valence-electron chi connectivity index (χ4n) is 1.72. The molecule has 0 aliphatic rings. The van der Waals surface area contributed by atoms with Gasteiger partial charge in [0.05, 0.1) is 12.3 Å². The monoisotopic (exact) mass is 247 g/mol. The predicted octanol–water partition coefficient (Wildman–Crippen LogP) is 1.50. The molecule has 1 unspecified atom stereocenters. The van der Waals surface area contributed by atoms with E-state index in [9.17, 15) is 0 Å². The molecule has 0 saturated heterocycles. The van der Waals surface area contributed by atoms with Crippen LogP contribution in [0.4, 0.5) is 5.69 Å². The summed E-state index contributed by atoms with van der Waals surface area (Å²) in [6.07, 6.45) is 2.58. The smallest absolute Gasteiger partial charge is 0.143 e. The van der Waals surface area contributed by atoms with Gasteiger partial charge in [0.15, 0.2) is 0 Å². The number of nitrogens with one attached hydrogen (secondary N) is 1. The lowest BCUT2D eigenvalue weighted by Gasteiger charge is -2.17. The van der Waals surface area contributed by atoms with Crippen LogP contribution in [0, 0.1) is 0 Å². The molecule has 6 nitrogen and oxygen atoms in total. The van der Waals surface area contributed by atoms with Crippen LogP contribution < -0.4 is 5.32 Å². The molecule has 6 heteroatoms. The number of methoxy groups -OCH3 is 1. The number of benzene rings is 1. The molecule has 1 heterocycles. The first-order chi connectivity index (χ1) is 8.83. The van der Waals surface area contributed by atoms with Crippen LogP contribution in [0.5, 0.6) is 0 Å². The first-order valence-corrected chi connectivity index (χ1v) is 5.92. The van der Waals surface area contributed by atoms with Crippen molar-refractivity contribution in [3.63, 3.8) is 0 Å². The second-order valence-corrected chi connectivity index (χ2v) is 4.01. The van der Waals surface area contributed by atoms with Crippen molar-refractivity contribution in [1.29, 1.82) is 0 Å². The molecule has 1 N–H and O–H groups in total. The molecule has 1 aromatic carbocycles. The summed E-state index contributed by atoms with van der Waals surface area (Å²) in [5.41, 5.74) is 1.96. The Morgan fingerprint density at radius 1 is 1.44 bits per heavy atom. The quantitative estimate of drug-likeness (QED) is 0.838. The Morgan fingerprint density at radius 2 is 2.33 bits per heavy atom. The van der Waals surface area contributed by atoms with Gasteiger partial charge in [-0.05, 0) is 35.0 Å². The summed E-state index contributed by atoms with van der Waals surface area (Å²) in [6.45, 7) is 2.81. The summed E-state index contributed by atoms with van der Waals surface area (Å²) < 4.78 is 6.80. The molecule has 1 aromatic heterocycles. The van der Waals surface area contributed by atoms with E-state index < -0.39 is 0 Å². The van der Waals surface area contributed by atoms with Crippen molar-refractivity contribution >= 4 is 5.69 Å². The lowest BCUT2D eigenvalue weighted by atomic mass is 10.2. The topological polar surface area (TPSA) is 64.9 Å². The standard InChI is InChI=1S/C12H17N5O/c1-3-10(8-18-2)14-11-5-4-6-12(7-11)17-9-13-15-16-17/h4-7,9-10,14H,3,8H2,1-2H3. The van der Waals surface area contributed by atoms with Crippen LogP contribution >= 0.6 is 0 Å². The van der Waals surface area contributed by atoms with Gasteiger partial charge in [-0.25, -0.2) is 4.68 Å². The lowest BCUT2D eigenvalue weighted by molar-refractivity contribution is 0.184. The first-order valence-electron chi connectivity index (χ1n) is 5.92. The van der Waals surface area contributed by atoms with Crippen LogP contribution in [0.2, 0.25) is 0 Å². The summed E-state index contributed by atoms with van der Waals surface area (Å²) >= 11 is 0. The lowest BCUT2D eigenvalue weighted by Crippen LogP contribution is -2.23. The summed E-state index contributed by atoms with van der Waals surface area (Å²) in [4.78, 5) is 0. The summed E-state index contributed by atoms with van der Waals surface area (Å²) in [5.74, 6) is 0. The van der Waals surface area contributed by atoms with Gasteiger partial charge in [0.25, 0.3) is 0 Å². The van der Waals surface area contributed by atoms with Crippen LogP contribution in [0.25, 0.3) is 5.69 Å². The highest BCUT2D eigenvalue weighted by Gasteiger charge is 2.06. The van der Waals surface area contributed by atoms with Crippen molar-refractivity contribution < 1.29 is 4.74 Å². The van der Waals surface area contributed by atoms with E-state index in [4.69, 9.17) is 4.74 Å². The molecule has 0 spiro atoms. The molecule has 1 atom stereocenters. The van der Waals surface area contributed by atoms with Crippen molar-refractivity contribution in [3.05, 3.63) is 30.6 Å². The molecule has 0 amide bonds. The number of ether oxygens (including phenoxy) is 1. The Morgan fingerprint density at radius 3 is 3.00 bits per heavy atom. The van der Waals surface area contributed by atoms with Crippen molar-refractivity contribution in [2.75, 3.05) is 19.0 Å². The summed E-state index contributed by atoms with van der Waals surface area (Å²) in [6, 6.07) is 8.26. The number of hydrogen-bond donors (Lipinski definition) is 1. The Hall–Kier alpha value is -1.95. The minimum absolute atomic E-state index is 0.305. The zero-order valence-electron chi connectivity index (χ0n) is 10.6. The minimum Gasteiger partial charge on any atom is -0.383 e. The Kier molecular flexibility index (Phi) is 4.25. The van der Waals surface area contributed by atoms with Gasteiger partial charge in [-0.15, -0.1) is 5.10 Å². The summed E-state index contributed by atoms with van der Waals surface area (Å²) in [7, 11) is 1.71. The maximum Gasteiger partial charge on any atom is 0.143 e. The highest BCUT2D eigenvalue weighted by molar-refractivity contribution is 5.51. The second-order valence-electron chi connectivity index (χ2n) is 4.01. The average Bonchev–Trinajstić information content (AvgIpc) is 2.92. The maximum atomic E-state index is 5.17. The van der Waals surface area contributed by atoms with Gasteiger partial charge in [0.2, 0.25) is 0 Å². The van der Waals surface area contributed by atoms with E-state index in [2.05, 4.69) is 27.8 Å². The predicted molar refractivity (Wildman–Crippen MR) is 68.7 cm³/mol. The van der Waals surface area contributed by atoms with E-state index in [0.717, 1.165) is 17.8 Å². The molecule has 96 valence electrons. The molecule has 0 bridgehead atoms. The van der Waals surface area contributed by atoms with Gasteiger partial charge in [-0.3, -0.25) is 0 Å². The zero-order valence-corrected chi connectivity index (χ0v) is 10.6. The van der Waals surface area contributed by atoms with Gasteiger partial charge in [0.1, 0.15) is 6.33 Å². The molecule has 0 aliphatic carbocycles. The second kappa shape index (κ2) is 6.11. The normalized spacial score (nSPS) is 12.3. The van der Waals surface area contributed by atoms with Crippen LogP contribution in [0.1, 0.15) is 13.3 Å². The first kappa shape index (κ1) is 12.5. The zero-order chi connectivity index (χ0) is 12.8. The summed E-state index contributed by atoms with van der Waals surface area (Å²) in [5, 5.41) is 14.5. The highest BCUT2D eigenvalue weighted by atomic mass is 16.5. The van der Waals surface area contributed by atoms with E-state index >= 15 is 0 Å². The maximum absolute atomic E-state index is 5.17. The van der Waals surface area contributed by atoms with E-state index in [1.807, 2.05) is 24.3 Å². The van der Waals surface area contributed by atoms with Gasteiger partial charge in [-0.1, -0.05) is 13.0 Å². The van der Waals surface area contributed by atoms with Crippen molar-refractivity contribution in [3.8, 4) is 5.69 Å². The largest absolute Gasteiger partial charge is 0.383 e. The Balaban J connectivity index is 2.12. The third kappa shape index (κ3) is 3.04. The van der Waals surface area contributed by atoms with Crippen molar-refractivity contribution in [2.24, 2.45) is 0 Å². The fraction of sp³-hybridized carbons (Fsp3) is 0.417. The van der Waals surface area contributed by atoms with Crippen LogP contribution in [-0.2, 0) is 4.74 Å². The fourth-order valence-corrected chi connectivity index (χ4v) is 1.72. The van der Waals surface area contributed by atoms with Crippen LogP contribution in [0.3, 0.4) is 0 Å². The van der Waals surface area contributed by atoms with Crippen molar-refractivity contribution in [2.45, 2.75) is 19.4 Å². The SMILES string of the molecule is CCC(COC)Nc1cccc(-n2cnnn2)c1. The third-order valence-corrected chi connectivity index (χ3v) is 2.69. The molecule has 2 rings (SSSR count). The third-order valence-electron chi connectivity index (χ3n) is 2.69. The van der Waals surface area contributed by atoms with E-state index in [-0.39, 0.29) is 0 Å². The number of anilines is 1. The van der Waals surface area contributed by atoms with E-state index in [1.54, 1.807) is 18.1 Å². The number of tetrazole rings is 1. The molecule has 18 heavy (non-hydrogen) atoms. The molecular formula is C12H17N5O. The minimum atomic E-state index is 0.305. The average molecular weight is 247 g/mol. The number of nitrogens with zero attached hydrogens (tertiary/aromatic N) is 4. The van der Waals surface area contributed by atoms with Gasteiger partial charge >= 0.3 is 0 Å². The molecule has 0 aliphatic heterocycles. The number of aromatic nitrogens is 4. The number of rotatable bonds is 6. The van der Waals surface area contributed by atoms with Gasteiger partial charge < -0.3 is 10.1 Å². The van der Waals surface area contributed by atoms with Crippen LogP contribution in [-0.4, -0.2) is 40.0 Å². The Bertz CT molecular complexity index is 471. The number of hydrogen-bond acceptors (Lipinski definition) is 5.